The van der Waals surface area contributed by atoms with E-state index in [1.54, 1.807) is 18.2 Å². The molecule has 1 saturated carbocycles. The van der Waals surface area contributed by atoms with Crippen LogP contribution in [0.25, 0.3) is 0 Å². The van der Waals surface area contributed by atoms with Gasteiger partial charge in [-0.05, 0) is 38.6 Å². The minimum Gasteiger partial charge on any atom is -0.297 e. The third kappa shape index (κ3) is 3.09. The van der Waals surface area contributed by atoms with E-state index >= 15 is 0 Å². The molecule has 3 heteroatoms. The number of halogens is 1. The van der Waals surface area contributed by atoms with Gasteiger partial charge in [-0.3, -0.25) is 9.69 Å². The maximum Gasteiger partial charge on any atom is 0.157 e. The summed E-state index contributed by atoms with van der Waals surface area (Å²) in [7, 11) is 3.95. The summed E-state index contributed by atoms with van der Waals surface area (Å²) in [5, 5.41) is 0. The first kappa shape index (κ1) is 15.2. The van der Waals surface area contributed by atoms with E-state index in [1.807, 2.05) is 14.1 Å². The number of rotatable bonds is 4. The number of Topliss-reactive ketones (excluding diaryl/α,β-unsaturated/α-hetero) is 1. The van der Waals surface area contributed by atoms with Crippen molar-refractivity contribution in [3.63, 3.8) is 0 Å². The fraction of sp³-hybridized carbons (Fsp3) is 0.588. The maximum atomic E-state index is 13.8. The minimum atomic E-state index is -0.404. The van der Waals surface area contributed by atoms with Gasteiger partial charge < -0.3 is 0 Å². The Kier molecular flexibility index (Phi) is 4.92. The largest absolute Gasteiger partial charge is 0.297 e. The van der Waals surface area contributed by atoms with Gasteiger partial charge in [0.05, 0.1) is 5.54 Å². The molecule has 0 bridgehead atoms. The monoisotopic (exact) mass is 277 g/mol. The number of hydrogen-bond acceptors (Lipinski definition) is 2. The van der Waals surface area contributed by atoms with E-state index in [0.29, 0.717) is 5.56 Å². The Morgan fingerprint density at radius 1 is 1.15 bits per heavy atom. The van der Waals surface area contributed by atoms with Gasteiger partial charge in [-0.1, -0.05) is 43.9 Å². The highest BCUT2D eigenvalue weighted by atomic mass is 19.1. The highest BCUT2D eigenvalue weighted by Gasteiger charge is 2.40. The van der Waals surface area contributed by atoms with Crippen molar-refractivity contribution in [1.29, 1.82) is 0 Å². The molecule has 1 fully saturated rings. The number of carbonyl (C=O) groups is 1. The van der Waals surface area contributed by atoms with Gasteiger partial charge in [0.25, 0.3) is 0 Å². The molecule has 0 amide bonds. The van der Waals surface area contributed by atoms with Gasteiger partial charge in [0, 0.05) is 6.42 Å². The quantitative estimate of drug-likeness (QED) is 0.784. The first-order chi connectivity index (χ1) is 9.56. The second kappa shape index (κ2) is 6.49. The topological polar surface area (TPSA) is 20.3 Å². The molecule has 0 unspecified atom stereocenters. The summed E-state index contributed by atoms with van der Waals surface area (Å²) in [6.07, 6.45) is 6.55. The lowest BCUT2D eigenvalue weighted by atomic mass is 9.82. The summed E-state index contributed by atoms with van der Waals surface area (Å²) in [6.45, 7) is 0. The second-order valence-electron chi connectivity index (χ2n) is 6.03. The van der Waals surface area contributed by atoms with Crippen LogP contribution in [-0.2, 0) is 11.2 Å². The molecule has 0 saturated heterocycles. The fourth-order valence-electron chi connectivity index (χ4n) is 3.27. The Morgan fingerprint density at radius 3 is 2.30 bits per heavy atom. The third-order valence-corrected chi connectivity index (χ3v) is 4.61. The van der Waals surface area contributed by atoms with Crippen LogP contribution in [0.5, 0.6) is 0 Å². The van der Waals surface area contributed by atoms with E-state index < -0.39 is 5.54 Å². The van der Waals surface area contributed by atoms with Crippen molar-refractivity contribution in [1.82, 2.24) is 4.90 Å². The molecule has 1 aliphatic rings. The van der Waals surface area contributed by atoms with Crippen molar-refractivity contribution in [3.05, 3.63) is 35.6 Å². The lowest BCUT2D eigenvalue weighted by Gasteiger charge is -2.38. The van der Waals surface area contributed by atoms with Gasteiger partial charge >= 0.3 is 0 Å². The Morgan fingerprint density at radius 2 is 1.75 bits per heavy atom. The van der Waals surface area contributed by atoms with Gasteiger partial charge in [0.2, 0.25) is 0 Å². The van der Waals surface area contributed by atoms with Crippen LogP contribution in [-0.4, -0.2) is 30.3 Å². The van der Waals surface area contributed by atoms with Crippen LogP contribution >= 0.6 is 0 Å². The Bertz CT molecular complexity index is 462. The van der Waals surface area contributed by atoms with Crippen LogP contribution in [0.1, 0.15) is 44.1 Å². The number of carbonyl (C=O) groups excluding carboxylic acids is 1. The lowest BCUT2D eigenvalue weighted by Crippen LogP contribution is -2.51. The second-order valence-corrected chi connectivity index (χ2v) is 6.03. The molecule has 0 atom stereocenters. The van der Waals surface area contributed by atoms with Crippen molar-refractivity contribution in [2.24, 2.45) is 0 Å². The zero-order chi connectivity index (χ0) is 14.6. The molecule has 1 aromatic rings. The first-order valence-corrected chi connectivity index (χ1v) is 7.50. The molecule has 1 aromatic carbocycles. The molecule has 2 rings (SSSR count). The van der Waals surface area contributed by atoms with E-state index in [1.165, 1.54) is 18.9 Å². The number of nitrogens with zero attached hydrogens (tertiary/aromatic N) is 1. The molecule has 0 N–H and O–H groups in total. The summed E-state index contributed by atoms with van der Waals surface area (Å²) < 4.78 is 13.8. The SMILES string of the molecule is CN(C)C1(C(=O)Cc2ccccc2F)CCCCCC1. The molecule has 0 radical (unpaired) electrons. The molecule has 1 aliphatic carbocycles. The van der Waals surface area contributed by atoms with Crippen molar-refractivity contribution in [2.45, 2.75) is 50.5 Å². The van der Waals surface area contributed by atoms with Gasteiger partial charge in [0.15, 0.2) is 5.78 Å². The van der Waals surface area contributed by atoms with Crippen molar-refractivity contribution < 1.29 is 9.18 Å². The molecular weight excluding hydrogens is 253 g/mol. The summed E-state index contributed by atoms with van der Waals surface area (Å²) in [6, 6.07) is 6.60. The molecule has 2 nitrogen and oxygen atoms in total. The fourth-order valence-corrected chi connectivity index (χ4v) is 3.27. The lowest BCUT2D eigenvalue weighted by molar-refractivity contribution is -0.130. The zero-order valence-corrected chi connectivity index (χ0v) is 12.5. The molecule has 110 valence electrons. The third-order valence-electron chi connectivity index (χ3n) is 4.61. The van der Waals surface area contributed by atoms with Crippen LogP contribution in [0.15, 0.2) is 24.3 Å². The van der Waals surface area contributed by atoms with E-state index in [-0.39, 0.29) is 18.0 Å². The highest BCUT2D eigenvalue weighted by molar-refractivity contribution is 5.90. The Labute approximate surface area is 121 Å². The molecular formula is C17H24FNO. The van der Waals surface area contributed by atoms with Crippen LogP contribution in [0.4, 0.5) is 4.39 Å². The van der Waals surface area contributed by atoms with Crippen molar-refractivity contribution in [3.8, 4) is 0 Å². The van der Waals surface area contributed by atoms with Crippen molar-refractivity contribution >= 4 is 5.78 Å². The molecule has 0 aromatic heterocycles. The van der Waals surface area contributed by atoms with E-state index in [4.69, 9.17) is 0 Å². The van der Waals surface area contributed by atoms with Crippen molar-refractivity contribution in [2.75, 3.05) is 14.1 Å². The first-order valence-electron chi connectivity index (χ1n) is 7.50. The predicted molar refractivity (Wildman–Crippen MR) is 79.2 cm³/mol. The average Bonchev–Trinajstić information content (AvgIpc) is 2.68. The summed E-state index contributed by atoms with van der Waals surface area (Å²) in [4.78, 5) is 14.9. The highest BCUT2D eigenvalue weighted by Crippen LogP contribution is 2.33. The van der Waals surface area contributed by atoms with Gasteiger partial charge in [-0.15, -0.1) is 0 Å². The standard InChI is InChI=1S/C17H24FNO/c1-19(2)17(11-7-3-4-8-12-17)16(20)13-14-9-5-6-10-15(14)18/h5-6,9-10H,3-4,7-8,11-13H2,1-2H3. The summed E-state index contributed by atoms with van der Waals surface area (Å²) in [5.74, 6) is -0.113. The normalized spacial score (nSPS) is 18.8. The van der Waals surface area contributed by atoms with E-state index in [0.717, 1.165) is 25.7 Å². The summed E-state index contributed by atoms with van der Waals surface area (Å²) in [5.41, 5.74) is 0.113. The smallest absolute Gasteiger partial charge is 0.157 e. The Hall–Kier alpha value is -1.22. The number of ketones is 1. The van der Waals surface area contributed by atoms with Crippen LogP contribution in [0.2, 0.25) is 0 Å². The zero-order valence-electron chi connectivity index (χ0n) is 12.5. The number of likely N-dealkylation sites (N-methyl/N-ethyl adjacent to an activating group) is 1. The predicted octanol–water partition coefficient (Wildman–Crippen LogP) is 3.59. The van der Waals surface area contributed by atoms with Crippen LogP contribution < -0.4 is 0 Å². The van der Waals surface area contributed by atoms with Gasteiger partial charge in [0.1, 0.15) is 5.82 Å². The molecule has 20 heavy (non-hydrogen) atoms. The van der Waals surface area contributed by atoms with Crippen LogP contribution in [0.3, 0.4) is 0 Å². The van der Waals surface area contributed by atoms with Crippen LogP contribution in [0, 0.1) is 5.82 Å². The van der Waals surface area contributed by atoms with Gasteiger partial charge in [-0.25, -0.2) is 4.39 Å². The number of hydrogen-bond donors (Lipinski definition) is 0. The molecule has 0 aliphatic heterocycles. The molecule has 0 heterocycles. The van der Waals surface area contributed by atoms with E-state index in [9.17, 15) is 9.18 Å². The average molecular weight is 277 g/mol. The summed E-state index contributed by atoms with van der Waals surface area (Å²) >= 11 is 0. The maximum absolute atomic E-state index is 13.8. The van der Waals surface area contributed by atoms with Gasteiger partial charge in [-0.2, -0.15) is 0 Å². The Balaban J connectivity index is 2.21. The number of benzene rings is 1. The van der Waals surface area contributed by atoms with E-state index in [2.05, 4.69) is 4.90 Å². The molecule has 0 spiro atoms. The minimum absolute atomic E-state index is 0.162.